The number of amides is 1. The Balaban J connectivity index is 3.48. The Labute approximate surface area is 442 Å². The minimum atomic E-state index is -0.855. The number of hydrogen-bond acceptors (Lipinski definition) is 5. The fourth-order valence-electron chi connectivity index (χ4n) is 9.48. The molecule has 0 aliphatic heterocycles. The highest BCUT2D eigenvalue weighted by molar-refractivity contribution is 5.76. The Morgan fingerprint density at radius 1 is 0.394 bits per heavy atom. The van der Waals surface area contributed by atoms with Crippen LogP contribution >= 0.6 is 0 Å². The minimum Gasteiger partial charge on any atom is -0.466 e. The normalized spacial score (nSPS) is 12.9. The average molecular weight is 997 g/mol. The van der Waals surface area contributed by atoms with Gasteiger partial charge in [0, 0.05) is 12.8 Å². The van der Waals surface area contributed by atoms with Crippen molar-refractivity contribution < 1.29 is 24.5 Å². The number of hydrogen-bond donors (Lipinski definition) is 3. The smallest absolute Gasteiger partial charge is 0.305 e. The third-order valence-corrected chi connectivity index (χ3v) is 14.3. The zero-order valence-corrected chi connectivity index (χ0v) is 47.5. The van der Waals surface area contributed by atoms with E-state index in [0.717, 1.165) is 70.6 Å². The molecule has 2 unspecified atom stereocenters. The molecule has 1 amide bonds. The van der Waals surface area contributed by atoms with E-state index in [9.17, 15) is 19.8 Å². The summed E-state index contributed by atoms with van der Waals surface area (Å²) in [4.78, 5) is 24.6. The van der Waals surface area contributed by atoms with E-state index in [1.807, 2.05) is 6.08 Å². The van der Waals surface area contributed by atoms with Gasteiger partial charge in [-0.1, -0.05) is 274 Å². The van der Waals surface area contributed by atoms with Crippen molar-refractivity contribution in [1.29, 1.82) is 0 Å². The molecule has 2 atom stereocenters. The van der Waals surface area contributed by atoms with E-state index >= 15 is 0 Å². The number of rotatable bonds is 58. The predicted octanol–water partition coefficient (Wildman–Crippen LogP) is 19.7. The zero-order valence-electron chi connectivity index (χ0n) is 47.5. The summed E-state index contributed by atoms with van der Waals surface area (Å²) in [5.74, 6) is -0.0865. The van der Waals surface area contributed by atoms with E-state index in [1.165, 1.54) is 231 Å². The summed E-state index contributed by atoms with van der Waals surface area (Å²) in [6.07, 6.45) is 77.1. The molecule has 0 saturated heterocycles. The van der Waals surface area contributed by atoms with Gasteiger partial charge in [-0.2, -0.15) is 0 Å². The molecule has 0 rings (SSSR count). The van der Waals surface area contributed by atoms with Crippen LogP contribution < -0.4 is 5.32 Å². The fraction of sp³-hybridized carbons (Fsp3) is 0.846. The van der Waals surface area contributed by atoms with Crippen LogP contribution in [-0.2, 0) is 14.3 Å². The highest BCUT2D eigenvalue weighted by atomic mass is 16.5. The molecule has 0 aliphatic rings. The van der Waals surface area contributed by atoms with E-state index in [2.05, 4.69) is 55.6 Å². The quantitative estimate of drug-likeness (QED) is 0.0321. The van der Waals surface area contributed by atoms with Crippen LogP contribution in [0, 0.1) is 0 Å². The highest BCUT2D eigenvalue weighted by Crippen LogP contribution is 2.17. The Morgan fingerprint density at radius 3 is 1.10 bits per heavy atom. The van der Waals surface area contributed by atoms with Crippen molar-refractivity contribution in [2.45, 2.75) is 341 Å². The number of carbonyl (C=O) groups excluding carboxylic acids is 2. The molecule has 0 aromatic carbocycles. The lowest BCUT2D eigenvalue weighted by Gasteiger charge is -2.20. The van der Waals surface area contributed by atoms with Gasteiger partial charge in [0.2, 0.25) is 5.91 Å². The molecule has 0 aromatic heterocycles. The summed E-state index contributed by atoms with van der Waals surface area (Å²) in [7, 11) is 0. The molecule has 0 bridgehead atoms. The van der Waals surface area contributed by atoms with E-state index < -0.39 is 12.1 Å². The molecule has 0 aromatic rings. The molecule has 0 radical (unpaired) electrons. The lowest BCUT2D eigenvalue weighted by molar-refractivity contribution is -0.143. The third-order valence-electron chi connectivity index (χ3n) is 14.3. The van der Waals surface area contributed by atoms with Crippen LogP contribution in [0.25, 0.3) is 0 Å². The summed E-state index contributed by atoms with van der Waals surface area (Å²) >= 11 is 0. The number of aliphatic hydroxyl groups is 2. The lowest BCUT2D eigenvalue weighted by Crippen LogP contribution is -2.45. The van der Waals surface area contributed by atoms with Gasteiger partial charge >= 0.3 is 5.97 Å². The van der Waals surface area contributed by atoms with E-state index in [0.29, 0.717) is 19.4 Å². The summed E-state index contributed by atoms with van der Waals surface area (Å²) in [6, 6.07) is -0.640. The zero-order chi connectivity index (χ0) is 51.4. The predicted molar refractivity (Wildman–Crippen MR) is 310 cm³/mol. The van der Waals surface area contributed by atoms with E-state index in [1.54, 1.807) is 6.08 Å². The maximum atomic E-state index is 12.5. The van der Waals surface area contributed by atoms with Crippen molar-refractivity contribution in [1.82, 2.24) is 5.32 Å². The number of ether oxygens (including phenoxy) is 1. The van der Waals surface area contributed by atoms with Gasteiger partial charge < -0.3 is 20.3 Å². The first-order valence-electron chi connectivity index (χ1n) is 31.4. The number of carbonyl (C=O) groups is 2. The maximum absolute atomic E-state index is 12.5. The summed E-state index contributed by atoms with van der Waals surface area (Å²) in [6.45, 7) is 4.88. The number of aliphatic hydroxyl groups excluding tert-OH is 2. The van der Waals surface area contributed by atoms with Gasteiger partial charge in [-0.25, -0.2) is 0 Å². The van der Waals surface area contributed by atoms with Crippen LogP contribution in [0.5, 0.6) is 0 Å². The summed E-state index contributed by atoms with van der Waals surface area (Å²) in [5, 5.41) is 23.2. The van der Waals surface area contributed by atoms with Crippen LogP contribution in [-0.4, -0.2) is 47.4 Å². The van der Waals surface area contributed by atoms with E-state index in [-0.39, 0.29) is 18.5 Å². The third kappa shape index (κ3) is 57.0. The van der Waals surface area contributed by atoms with Crippen LogP contribution in [0.1, 0.15) is 328 Å². The Morgan fingerprint density at radius 2 is 0.704 bits per heavy atom. The lowest BCUT2D eigenvalue weighted by atomic mass is 10.0. The second-order valence-corrected chi connectivity index (χ2v) is 21.4. The first-order valence-corrected chi connectivity index (χ1v) is 31.4. The molecule has 6 nitrogen and oxygen atoms in total. The molecule has 6 heteroatoms. The molecule has 71 heavy (non-hydrogen) atoms. The number of esters is 1. The topological polar surface area (TPSA) is 95.9 Å². The summed E-state index contributed by atoms with van der Waals surface area (Å²) < 4.78 is 5.49. The van der Waals surface area contributed by atoms with Gasteiger partial charge in [0.25, 0.3) is 0 Å². The van der Waals surface area contributed by atoms with Crippen molar-refractivity contribution in [3.05, 3.63) is 48.6 Å². The molecule has 416 valence electrons. The molecular formula is C65H121NO5. The Bertz CT molecular complexity index is 1190. The minimum absolute atomic E-state index is 0.00531. The van der Waals surface area contributed by atoms with E-state index in [4.69, 9.17) is 4.74 Å². The number of unbranched alkanes of at least 4 members (excludes halogenated alkanes) is 41. The molecule has 3 N–H and O–H groups in total. The van der Waals surface area contributed by atoms with Crippen molar-refractivity contribution in [2.75, 3.05) is 13.2 Å². The van der Waals surface area contributed by atoms with Gasteiger partial charge in [0.1, 0.15) is 0 Å². The fourth-order valence-corrected chi connectivity index (χ4v) is 9.48. The van der Waals surface area contributed by atoms with Crippen LogP contribution in [0.3, 0.4) is 0 Å². The van der Waals surface area contributed by atoms with Gasteiger partial charge in [0.05, 0.1) is 25.4 Å². The number of nitrogens with one attached hydrogen (secondary N) is 1. The molecule has 0 saturated carbocycles. The Hall–Kier alpha value is -2.18. The first-order chi connectivity index (χ1) is 35.0. The maximum Gasteiger partial charge on any atom is 0.305 e. The van der Waals surface area contributed by atoms with Crippen LogP contribution in [0.4, 0.5) is 0 Å². The standard InChI is InChI=1S/C65H121NO5/c1-3-5-7-9-11-13-15-17-19-21-25-29-33-37-41-45-49-53-57-63(68)62(61-67)66-64(69)58-54-50-46-42-38-34-30-26-23-24-28-32-36-40-44-48-52-56-60-71-65(70)59-55-51-47-43-39-35-31-27-22-20-18-16-14-12-10-8-6-4-2/h14,16,20,22,26,30,53,57,62-63,67-68H,3-13,15,17-19,21,23-25,27-29,31-52,54-56,58-61H2,1-2H3,(H,66,69)/b16-14-,22-20-,30-26-,57-53+. The number of allylic oxidation sites excluding steroid dienone is 7. The monoisotopic (exact) mass is 996 g/mol. The van der Waals surface area contributed by atoms with Gasteiger partial charge in [0.15, 0.2) is 0 Å². The highest BCUT2D eigenvalue weighted by Gasteiger charge is 2.18. The Kier molecular flexibility index (Phi) is 58.5. The van der Waals surface area contributed by atoms with Gasteiger partial charge in [-0.15, -0.1) is 0 Å². The van der Waals surface area contributed by atoms with Crippen molar-refractivity contribution in [3.8, 4) is 0 Å². The van der Waals surface area contributed by atoms with Crippen molar-refractivity contribution in [2.24, 2.45) is 0 Å². The summed E-state index contributed by atoms with van der Waals surface area (Å²) in [5.41, 5.74) is 0. The molecule has 0 heterocycles. The van der Waals surface area contributed by atoms with Crippen molar-refractivity contribution >= 4 is 11.9 Å². The van der Waals surface area contributed by atoms with Gasteiger partial charge in [-0.3, -0.25) is 9.59 Å². The first kappa shape index (κ1) is 68.8. The molecule has 0 aliphatic carbocycles. The second-order valence-electron chi connectivity index (χ2n) is 21.4. The molecular weight excluding hydrogens is 875 g/mol. The SMILES string of the molecule is CCCCCC/C=C\C/C=C\CCCCCCCCCC(=O)OCCCCCCCCCCC/C=C\CCCCCCCC(=O)NC(CO)C(O)/C=C/CCCCCCCCCCCCCCCCCC. The second kappa shape index (κ2) is 60.4. The van der Waals surface area contributed by atoms with Crippen molar-refractivity contribution in [3.63, 3.8) is 0 Å². The van der Waals surface area contributed by atoms with Crippen LogP contribution in [0.15, 0.2) is 48.6 Å². The van der Waals surface area contributed by atoms with Gasteiger partial charge in [-0.05, 0) is 89.9 Å². The average Bonchev–Trinajstić information content (AvgIpc) is 3.37. The largest absolute Gasteiger partial charge is 0.466 e. The van der Waals surface area contributed by atoms with Crippen LogP contribution in [0.2, 0.25) is 0 Å². The molecule has 0 fully saturated rings. The molecule has 0 spiro atoms.